The van der Waals surface area contributed by atoms with Crippen molar-refractivity contribution in [3.05, 3.63) is 60.2 Å². The van der Waals surface area contributed by atoms with Gasteiger partial charge in [-0.1, -0.05) is 32.0 Å². The average Bonchev–Trinajstić information content (AvgIpc) is 2.72. The first-order valence-electron chi connectivity index (χ1n) is 9.23. The lowest BCUT2D eigenvalue weighted by Gasteiger charge is -2.23. The molecule has 0 aromatic heterocycles. The zero-order chi connectivity index (χ0) is 22.3. The number of esters is 1. The van der Waals surface area contributed by atoms with Gasteiger partial charge in [-0.2, -0.15) is 9.98 Å². The number of sulfonamides is 1. The fourth-order valence-electron chi connectivity index (χ4n) is 2.46. The molecule has 2 rings (SSSR count). The first kappa shape index (κ1) is 23.1. The van der Waals surface area contributed by atoms with E-state index in [0.29, 0.717) is 11.3 Å². The van der Waals surface area contributed by atoms with Crippen molar-refractivity contribution in [3.8, 4) is 6.07 Å². The number of hydrogen-bond donors (Lipinski definition) is 2. The molecule has 0 fully saturated rings. The van der Waals surface area contributed by atoms with Crippen molar-refractivity contribution >= 4 is 27.6 Å². The molecule has 2 aromatic carbocycles. The summed E-state index contributed by atoms with van der Waals surface area (Å²) in [6, 6.07) is 14.7. The van der Waals surface area contributed by atoms with Crippen LogP contribution in [-0.2, 0) is 24.3 Å². The van der Waals surface area contributed by atoms with Gasteiger partial charge in [0.2, 0.25) is 10.0 Å². The Bertz CT molecular complexity index is 1030. The van der Waals surface area contributed by atoms with Gasteiger partial charge in [-0.3, -0.25) is 9.59 Å². The molecule has 0 unspecified atom stereocenters. The predicted molar refractivity (Wildman–Crippen MR) is 111 cm³/mol. The maximum Gasteiger partial charge on any atom is 0.325 e. The lowest BCUT2D eigenvalue weighted by atomic mass is 10.1. The molecule has 2 N–H and O–H groups in total. The number of ether oxygens (including phenoxy) is 1. The second-order valence-electron chi connectivity index (χ2n) is 6.91. The van der Waals surface area contributed by atoms with Gasteiger partial charge >= 0.3 is 5.97 Å². The summed E-state index contributed by atoms with van der Waals surface area (Å²) in [7, 11) is -3.94. The Morgan fingerprint density at radius 2 is 1.60 bits per heavy atom. The maximum atomic E-state index is 12.6. The fourth-order valence-corrected chi connectivity index (χ4v) is 3.82. The Morgan fingerprint density at radius 3 is 2.13 bits per heavy atom. The van der Waals surface area contributed by atoms with Crippen LogP contribution in [0.2, 0.25) is 0 Å². The van der Waals surface area contributed by atoms with Gasteiger partial charge in [-0.15, -0.1) is 0 Å². The molecule has 0 bridgehead atoms. The Labute approximate surface area is 175 Å². The molecule has 2 atom stereocenters. The number of anilines is 1. The Balaban J connectivity index is 2.04. The van der Waals surface area contributed by atoms with E-state index in [-0.39, 0.29) is 4.90 Å². The van der Waals surface area contributed by atoms with Gasteiger partial charge in [0.05, 0.1) is 16.5 Å². The molecule has 0 aliphatic heterocycles. The van der Waals surface area contributed by atoms with E-state index in [0.717, 1.165) is 0 Å². The number of hydrogen-bond acceptors (Lipinski definition) is 6. The zero-order valence-electron chi connectivity index (χ0n) is 16.8. The molecular weight excluding hydrogens is 406 g/mol. The van der Waals surface area contributed by atoms with Crippen LogP contribution in [0.15, 0.2) is 59.5 Å². The number of carbonyl (C=O) groups is 2. The minimum atomic E-state index is -3.94. The molecule has 0 radical (unpaired) electrons. The SMILES string of the molecule is CC(C)[C@@H](NS(=O)(=O)c1ccccc1)C(=O)O[C@@H](C)C(=O)Nc1ccc(C#N)cc1. The summed E-state index contributed by atoms with van der Waals surface area (Å²) in [6.45, 7) is 4.72. The second-order valence-corrected chi connectivity index (χ2v) is 8.63. The van der Waals surface area contributed by atoms with E-state index in [1.165, 1.54) is 19.1 Å². The molecule has 9 heteroatoms. The van der Waals surface area contributed by atoms with E-state index >= 15 is 0 Å². The van der Waals surface area contributed by atoms with Crippen LogP contribution in [0.5, 0.6) is 0 Å². The number of nitriles is 1. The Kier molecular flexibility index (Phi) is 7.69. The Morgan fingerprint density at radius 1 is 1.00 bits per heavy atom. The minimum absolute atomic E-state index is 0.0232. The summed E-state index contributed by atoms with van der Waals surface area (Å²) in [5.74, 6) is -1.85. The van der Waals surface area contributed by atoms with Gasteiger partial charge in [-0.05, 0) is 49.2 Å². The molecule has 1 amide bonds. The number of rotatable bonds is 8. The summed E-state index contributed by atoms with van der Waals surface area (Å²) < 4.78 is 32.6. The maximum absolute atomic E-state index is 12.6. The fraction of sp³-hybridized carbons (Fsp3) is 0.286. The van der Waals surface area contributed by atoms with Crippen LogP contribution in [0.3, 0.4) is 0 Å². The van der Waals surface area contributed by atoms with Gasteiger partial charge in [-0.25, -0.2) is 8.42 Å². The third kappa shape index (κ3) is 6.14. The van der Waals surface area contributed by atoms with Gasteiger partial charge in [0.15, 0.2) is 6.10 Å². The molecule has 0 saturated heterocycles. The first-order valence-corrected chi connectivity index (χ1v) is 10.7. The molecule has 158 valence electrons. The average molecular weight is 429 g/mol. The van der Waals surface area contributed by atoms with E-state index in [1.807, 2.05) is 6.07 Å². The quantitative estimate of drug-likeness (QED) is 0.621. The number of carbonyl (C=O) groups excluding carboxylic acids is 2. The van der Waals surface area contributed by atoms with E-state index in [2.05, 4.69) is 10.0 Å². The largest absolute Gasteiger partial charge is 0.451 e. The molecule has 2 aromatic rings. The molecule has 8 nitrogen and oxygen atoms in total. The topological polar surface area (TPSA) is 125 Å². The highest BCUT2D eigenvalue weighted by molar-refractivity contribution is 7.89. The van der Waals surface area contributed by atoms with Gasteiger partial charge in [0.1, 0.15) is 6.04 Å². The summed E-state index contributed by atoms with van der Waals surface area (Å²) in [6.07, 6.45) is -1.16. The van der Waals surface area contributed by atoms with Gasteiger partial charge in [0.25, 0.3) is 5.91 Å². The van der Waals surface area contributed by atoms with Crippen molar-refractivity contribution in [2.45, 2.75) is 37.8 Å². The number of nitrogens with zero attached hydrogens (tertiary/aromatic N) is 1. The van der Waals surface area contributed by atoms with Crippen molar-refractivity contribution in [3.63, 3.8) is 0 Å². The zero-order valence-corrected chi connectivity index (χ0v) is 17.6. The summed E-state index contributed by atoms with van der Waals surface area (Å²) in [5, 5.41) is 11.4. The van der Waals surface area contributed by atoms with Crippen LogP contribution in [0.1, 0.15) is 26.3 Å². The summed E-state index contributed by atoms with van der Waals surface area (Å²) in [4.78, 5) is 24.9. The van der Waals surface area contributed by atoms with Crippen molar-refractivity contribution in [2.75, 3.05) is 5.32 Å². The molecule has 30 heavy (non-hydrogen) atoms. The highest BCUT2D eigenvalue weighted by Gasteiger charge is 2.31. The third-order valence-electron chi connectivity index (χ3n) is 4.20. The monoisotopic (exact) mass is 429 g/mol. The normalized spacial score (nSPS) is 13.2. The van der Waals surface area contributed by atoms with Crippen molar-refractivity contribution < 1.29 is 22.7 Å². The smallest absolute Gasteiger partial charge is 0.325 e. The van der Waals surface area contributed by atoms with Crippen LogP contribution in [0.4, 0.5) is 5.69 Å². The van der Waals surface area contributed by atoms with E-state index in [9.17, 15) is 18.0 Å². The lowest BCUT2D eigenvalue weighted by molar-refractivity contribution is -0.155. The predicted octanol–water partition coefficient (Wildman–Crippen LogP) is 2.43. The molecule has 0 aliphatic carbocycles. The summed E-state index contributed by atoms with van der Waals surface area (Å²) >= 11 is 0. The summed E-state index contributed by atoms with van der Waals surface area (Å²) in [5.41, 5.74) is 0.880. The highest BCUT2D eigenvalue weighted by Crippen LogP contribution is 2.14. The van der Waals surface area contributed by atoms with Crippen molar-refractivity contribution in [2.24, 2.45) is 5.92 Å². The van der Waals surface area contributed by atoms with E-state index < -0.39 is 40.0 Å². The van der Waals surface area contributed by atoms with Crippen LogP contribution in [-0.4, -0.2) is 32.4 Å². The first-order chi connectivity index (χ1) is 14.1. The van der Waals surface area contributed by atoms with Gasteiger partial charge < -0.3 is 10.1 Å². The van der Waals surface area contributed by atoms with Crippen LogP contribution < -0.4 is 10.0 Å². The molecule has 0 aliphatic rings. The van der Waals surface area contributed by atoms with Crippen LogP contribution >= 0.6 is 0 Å². The lowest BCUT2D eigenvalue weighted by Crippen LogP contribution is -2.47. The van der Waals surface area contributed by atoms with E-state index in [1.54, 1.807) is 56.3 Å². The van der Waals surface area contributed by atoms with Crippen LogP contribution in [0, 0.1) is 17.2 Å². The molecule has 0 spiro atoms. The number of nitrogens with one attached hydrogen (secondary N) is 2. The second kappa shape index (κ2) is 10.0. The third-order valence-corrected chi connectivity index (χ3v) is 5.66. The standard InChI is InChI=1S/C21H23N3O5S/c1-14(2)19(24-30(27,28)18-7-5-4-6-8-18)21(26)29-15(3)20(25)23-17-11-9-16(13-22)10-12-17/h4-12,14-15,19,24H,1-3H3,(H,23,25)/t15-,19+/m0/s1. The van der Waals surface area contributed by atoms with Crippen LogP contribution in [0.25, 0.3) is 0 Å². The number of benzene rings is 2. The molecule has 0 saturated carbocycles. The number of amides is 1. The van der Waals surface area contributed by atoms with Crippen molar-refractivity contribution in [1.82, 2.24) is 4.72 Å². The minimum Gasteiger partial charge on any atom is -0.451 e. The molecular formula is C21H23N3O5S. The van der Waals surface area contributed by atoms with E-state index in [4.69, 9.17) is 10.00 Å². The van der Waals surface area contributed by atoms with Crippen molar-refractivity contribution in [1.29, 1.82) is 5.26 Å². The molecule has 0 heterocycles. The Hall–Kier alpha value is -3.22. The highest BCUT2D eigenvalue weighted by atomic mass is 32.2. The van der Waals surface area contributed by atoms with Gasteiger partial charge in [0, 0.05) is 5.69 Å².